The van der Waals surface area contributed by atoms with Crippen molar-refractivity contribution in [2.75, 3.05) is 14.1 Å². The van der Waals surface area contributed by atoms with Crippen molar-refractivity contribution in [3.63, 3.8) is 0 Å². The monoisotopic (exact) mass is 395 g/mol. The molecule has 0 spiro atoms. The fourth-order valence-electron chi connectivity index (χ4n) is 2.92. The molecule has 0 saturated carbocycles. The molecule has 0 fully saturated rings. The van der Waals surface area contributed by atoms with Crippen molar-refractivity contribution >= 4 is 39.7 Å². The normalized spacial score (nSPS) is 14.0. The second-order valence-electron chi connectivity index (χ2n) is 6.57. The number of halogens is 1. The number of fused-ring (bicyclic) bond motifs is 1. The van der Waals surface area contributed by atoms with Gasteiger partial charge in [0.25, 0.3) is 0 Å². The van der Waals surface area contributed by atoms with Crippen molar-refractivity contribution in [3.05, 3.63) is 58.4 Å². The summed E-state index contributed by atoms with van der Waals surface area (Å²) in [6, 6.07) is 16.6. The Balaban J connectivity index is 2.11. The largest absolute Gasteiger partial charge is 0.370 e. The standard InChI is InChI=1S/C22H22ClN3S/c1-5-22(6-2,25-21(24)26(3)4)20-18(23)14-19(27-20)17-12-11-15-9-7-8-10-16(15)13-17/h1,7-14H,6H2,2-4H3,(H2,24,25)/t22-/m0/s1. The Morgan fingerprint density at radius 1 is 1.22 bits per heavy atom. The lowest BCUT2D eigenvalue weighted by Crippen LogP contribution is -2.34. The van der Waals surface area contributed by atoms with Gasteiger partial charge in [0.05, 0.1) is 9.90 Å². The predicted octanol–water partition coefficient (Wildman–Crippen LogP) is 5.34. The zero-order valence-corrected chi connectivity index (χ0v) is 17.2. The third-order valence-corrected chi connectivity index (χ3v) is 6.36. The van der Waals surface area contributed by atoms with Crippen LogP contribution < -0.4 is 5.73 Å². The molecule has 138 valence electrons. The summed E-state index contributed by atoms with van der Waals surface area (Å²) in [5.74, 6) is 3.22. The highest BCUT2D eigenvalue weighted by molar-refractivity contribution is 7.16. The number of nitrogens with zero attached hydrogens (tertiary/aromatic N) is 2. The first-order valence-electron chi connectivity index (χ1n) is 8.69. The third-order valence-electron chi connectivity index (χ3n) is 4.61. The summed E-state index contributed by atoms with van der Waals surface area (Å²) in [6.07, 6.45) is 6.51. The van der Waals surface area contributed by atoms with Gasteiger partial charge in [-0.25, -0.2) is 4.99 Å². The third kappa shape index (κ3) is 3.66. The molecule has 2 aromatic carbocycles. The summed E-state index contributed by atoms with van der Waals surface area (Å²) < 4.78 is 0. The van der Waals surface area contributed by atoms with Crippen molar-refractivity contribution in [2.45, 2.75) is 18.9 Å². The molecular formula is C22H22ClN3S. The van der Waals surface area contributed by atoms with Crippen molar-refractivity contribution in [3.8, 4) is 22.8 Å². The van der Waals surface area contributed by atoms with Gasteiger partial charge in [0, 0.05) is 19.0 Å². The quantitative estimate of drug-likeness (QED) is 0.368. The Labute approximate surface area is 169 Å². The van der Waals surface area contributed by atoms with E-state index in [1.54, 1.807) is 16.2 Å². The van der Waals surface area contributed by atoms with Crippen molar-refractivity contribution in [1.82, 2.24) is 4.90 Å². The first-order chi connectivity index (χ1) is 12.9. The number of hydrogen-bond donors (Lipinski definition) is 1. The van der Waals surface area contributed by atoms with Crippen molar-refractivity contribution in [1.29, 1.82) is 0 Å². The van der Waals surface area contributed by atoms with Gasteiger partial charge in [-0.05, 0) is 34.9 Å². The van der Waals surface area contributed by atoms with Crippen LogP contribution in [0.1, 0.15) is 18.2 Å². The highest BCUT2D eigenvalue weighted by Gasteiger charge is 2.33. The minimum absolute atomic E-state index is 0.381. The smallest absolute Gasteiger partial charge is 0.192 e. The molecule has 27 heavy (non-hydrogen) atoms. The molecule has 1 aromatic heterocycles. The molecule has 1 atom stereocenters. The van der Waals surface area contributed by atoms with Gasteiger partial charge >= 0.3 is 0 Å². The molecule has 0 amide bonds. The summed E-state index contributed by atoms with van der Waals surface area (Å²) in [5, 5.41) is 3.02. The van der Waals surface area contributed by atoms with E-state index in [-0.39, 0.29) is 0 Å². The van der Waals surface area contributed by atoms with Crippen LogP contribution in [0.3, 0.4) is 0 Å². The number of nitrogens with two attached hydrogens (primary N) is 1. The van der Waals surface area contributed by atoms with Gasteiger partial charge in [0.2, 0.25) is 0 Å². The maximum atomic E-state index is 6.61. The molecule has 3 rings (SSSR count). The van der Waals surface area contributed by atoms with E-state index < -0.39 is 5.54 Å². The SMILES string of the molecule is C#C[C@@](CC)(N=C(N)N(C)C)c1sc(-c2ccc3ccccc3c2)cc1Cl. The van der Waals surface area contributed by atoms with E-state index in [0.29, 0.717) is 17.4 Å². The minimum Gasteiger partial charge on any atom is -0.370 e. The second kappa shape index (κ2) is 7.64. The van der Waals surface area contributed by atoms with Crippen LogP contribution in [0.5, 0.6) is 0 Å². The van der Waals surface area contributed by atoms with Crippen molar-refractivity contribution in [2.24, 2.45) is 10.7 Å². The summed E-state index contributed by atoms with van der Waals surface area (Å²) in [7, 11) is 3.68. The average molecular weight is 396 g/mol. The second-order valence-corrected chi connectivity index (χ2v) is 8.03. The first kappa shape index (κ1) is 19.3. The maximum absolute atomic E-state index is 6.61. The van der Waals surface area contributed by atoms with Crippen LogP contribution in [-0.4, -0.2) is 25.0 Å². The molecular weight excluding hydrogens is 374 g/mol. The van der Waals surface area contributed by atoms with E-state index in [9.17, 15) is 0 Å². The molecule has 0 radical (unpaired) electrons. The van der Waals surface area contributed by atoms with Gasteiger partial charge in [-0.15, -0.1) is 17.8 Å². The lowest BCUT2D eigenvalue weighted by molar-refractivity contribution is 0.541. The summed E-state index contributed by atoms with van der Waals surface area (Å²) >= 11 is 8.18. The zero-order valence-electron chi connectivity index (χ0n) is 15.7. The van der Waals surface area contributed by atoms with E-state index in [1.165, 1.54) is 10.8 Å². The molecule has 0 aliphatic rings. The fourth-order valence-corrected chi connectivity index (χ4v) is 4.58. The number of thiophene rings is 1. The van der Waals surface area contributed by atoms with E-state index in [0.717, 1.165) is 15.3 Å². The number of aliphatic imine (C=N–C) groups is 1. The molecule has 3 aromatic rings. The first-order valence-corrected chi connectivity index (χ1v) is 9.89. The lowest BCUT2D eigenvalue weighted by atomic mass is 9.96. The van der Waals surface area contributed by atoms with E-state index in [4.69, 9.17) is 23.8 Å². The highest BCUT2D eigenvalue weighted by Crippen LogP contribution is 2.44. The Bertz CT molecular complexity index is 1050. The Hall–Kier alpha value is -2.48. The van der Waals surface area contributed by atoms with E-state index in [2.05, 4.69) is 41.2 Å². The van der Waals surface area contributed by atoms with Gasteiger partial charge in [-0.3, -0.25) is 0 Å². The number of terminal acetylenes is 1. The summed E-state index contributed by atoms with van der Waals surface area (Å²) in [4.78, 5) is 8.30. The van der Waals surface area contributed by atoms with Gasteiger partial charge in [-0.1, -0.05) is 60.8 Å². The molecule has 0 aliphatic heterocycles. The zero-order chi connectivity index (χ0) is 19.6. The van der Waals surface area contributed by atoms with Crippen LogP contribution in [0, 0.1) is 12.3 Å². The van der Waals surface area contributed by atoms with Gasteiger partial charge in [0.1, 0.15) is 0 Å². The lowest BCUT2D eigenvalue weighted by Gasteiger charge is -2.24. The van der Waals surface area contributed by atoms with E-state index >= 15 is 0 Å². The summed E-state index contributed by atoms with van der Waals surface area (Å²) in [5.41, 5.74) is 6.30. The van der Waals surface area contributed by atoms with E-state index in [1.807, 2.05) is 39.2 Å². The Morgan fingerprint density at radius 2 is 1.93 bits per heavy atom. The molecule has 1 heterocycles. The van der Waals surface area contributed by atoms with Crippen LogP contribution in [0.15, 0.2) is 53.5 Å². The molecule has 0 unspecified atom stereocenters. The van der Waals surface area contributed by atoms with Crippen LogP contribution in [0.2, 0.25) is 5.02 Å². The Morgan fingerprint density at radius 3 is 2.56 bits per heavy atom. The van der Waals surface area contributed by atoms with Crippen LogP contribution in [0.25, 0.3) is 21.2 Å². The van der Waals surface area contributed by atoms with Crippen LogP contribution in [-0.2, 0) is 5.54 Å². The van der Waals surface area contributed by atoms with Crippen LogP contribution >= 0.6 is 22.9 Å². The highest BCUT2D eigenvalue weighted by atomic mass is 35.5. The number of benzene rings is 2. The Kier molecular flexibility index (Phi) is 5.46. The predicted molar refractivity (Wildman–Crippen MR) is 118 cm³/mol. The minimum atomic E-state index is -0.870. The topological polar surface area (TPSA) is 41.6 Å². The number of rotatable bonds is 4. The molecule has 2 N–H and O–H groups in total. The van der Waals surface area contributed by atoms with Gasteiger partial charge in [-0.2, -0.15) is 0 Å². The van der Waals surface area contributed by atoms with Gasteiger partial charge in [0.15, 0.2) is 11.5 Å². The summed E-state index contributed by atoms with van der Waals surface area (Å²) in [6.45, 7) is 2.00. The average Bonchev–Trinajstić information content (AvgIpc) is 3.07. The molecule has 5 heteroatoms. The fraction of sp³-hybridized carbons (Fsp3) is 0.227. The van der Waals surface area contributed by atoms with Crippen molar-refractivity contribution < 1.29 is 0 Å². The molecule has 0 aliphatic carbocycles. The number of hydrogen-bond acceptors (Lipinski definition) is 2. The van der Waals surface area contributed by atoms with Crippen LogP contribution in [0.4, 0.5) is 0 Å². The molecule has 0 saturated heterocycles. The molecule has 3 nitrogen and oxygen atoms in total. The maximum Gasteiger partial charge on any atom is 0.192 e. The molecule has 0 bridgehead atoms. The number of guanidine groups is 1. The van der Waals surface area contributed by atoms with Gasteiger partial charge < -0.3 is 10.6 Å².